The van der Waals surface area contributed by atoms with Gasteiger partial charge < -0.3 is 0 Å². The molecule has 1 rings (SSSR count). The predicted molar refractivity (Wildman–Crippen MR) is 56.5 cm³/mol. The molecule has 1 amide bonds. The maximum Gasteiger partial charge on any atom is 0.460 e. The van der Waals surface area contributed by atoms with Gasteiger partial charge in [-0.3, -0.25) is 9.79 Å². The standard InChI is InChI=1S/C10H12F7N3O/c11-8(12,9(13,14)10(15,16)17)7(21)20-19-6-4-2-1-3-5-18-6/h1-5H2,(H,18,19)(H,20,21)/p+1. The normalized spacial score (nSPS) is 17.8. The lowest BCUT2D eigenvalue weighted by Crippen LogP contribution is -2.77. The van der Waals surface area contributed by atoms with Crippen molar-refractivity contribution in [2.45, 2.75) is 43.7 Å². The molecule has 0 aliphatic carbocycles. The maximum absolute atomic E-state index is 13.0. The van der Waals surface area contributed by atoms with E-state index < -0.39 is 23.9 Å². The minimum Gasteiger partial charge on any atom is -0.277 e. The predicted octanol–water partition coefficient (Wildman–Crippen LogP) is 0.493. The van der Waals surface area contributed by atoms with Crippen molar-refractivity contribution in [1.82, 2.24) is 10.9 Å². The van der Waals surface area contributed by atoms with Crippen LogP contribution in [0.4, 0.5) is 30.7 Å². The molecule has 0 saturated heterocycles. The summed E-state index contributed by atoms with van der Waals surface area (Å²) in [6, 6.07) is 0. The molecule has 0 spiro atoms. The minimum atomic E-state index is -6.54. The molecule has 0 bridgehead atoms. The van der Waals surface area contributed by atoms with Crippen molar-refractivity contribution < 1.29 is 40.5 Å². The quantitative estimate of drug-likeness (QED) is 0.512. The van der Waals surface area contributed by atoms with E-state index in [2.05, 4.69) is 4.99 Å². The summed E-state index contributed by atoms with van der Waals surface area (Å²) in [4.78, 5) is 13.6. The van der Waals surface area contributed by atoms with E-state index in [-0.39, 0.29) is 5.84 Å². The van der Waals surface area contributed by atoms with Crippen molar-refractivity contribution in [3.63, 3.8) is 0 Å². The van der Waals surface area contributed by atoms with Crippen molar-refractivity contribution in [2.24, 2.45) is 0 Å². The molecule has 0 aromatic heterocycles. The van der Waals surface area contributed by atoms with Gasteiger partial charge in [-0.1, -0.05) is 0 Å². The van der Waals surface area contributed by atoms with Gasteiger partial charge in [-0.2, -0.15) is 41.6 Å². The summed E-state index contributed by atoms with van der Waals surface area (Å²) < 4.78 is 86.8. The Morgan fingerprint density at radius 3 is 2.19 bits per heavy atom. The molecule has 1 heterocycles. The highest BCUT2D eigenvalue weighted by Gasteiger charge is 2.76. The molecule has 1 aliphatic heterocycles. The van der Waals surface area contributed by atoms with E-state index in [9.17, 15) is 35.5 Å². The zero-order valence-corrected chi connectivity index (χ0v) is 10.6. The molecule has 11 heteroatoms. The van der Waals surface area contributed by atoms with E-state index in [1.807, 2.05) is 5.43 Å². The van der Waals surface area contributed by atoms with Crippen LogP contribution in [0.1, 0.15) is 25.7 Å². The molecule has 0 aromatic rings. The highest BCUT2D eigenvalue weighted by Crippen LogP contribution is 2.46. The number of carbonyl (C=O) groups excluding carboxylic acids is 1. The Morgan fingerprint density at radius 2 is 1.62 bits per heavy atom. The minimum absolute atomic E-state index is 0.173. The van der Waals surface area contributed by atoms with Gasteiger partial charge in [-0.15, -0.1) is 0 Å². The van der Waals surface area contributed by atoms with E-state index >= 15 is 0 Å². The van der Waals surface area contributed by atoms with Crippen LogP contribution in [0.15, 0.2) is 0 Å². The molecule has 21 heavy (non-hydrogen) atoms. The number of amides is 1. The Morgan fingerprint density at radius 1 is 1.00 bits per heavy atom. The second-order valence-electron chi connectivity index (χ2n) is 4.44. The first-order valence-electron chi connectivity index (χ1n) is 5.98. The second kappa shape index (κ2) is 6.06. The van der Waals surface area contributed by atoms with Crippen molar-refractivity contribution in [3.05, 3.63) is 0 Å². The van der Waals surface area contributed by atoms with Gasteiger partial charge in [0.15, 0.2) is 0 Å². The highest BCUT2D eigenvalue weighted by molar-refractivity contribution is 5.87. The SMILES string of the molecule is O=C(NNC1=[NH+]CCCCC1)C(F)(F)C(F)(F)C(F)(F)F. The number of hydrogen-bond acceptors (Lipinski definition) is 2. The van der Waals surface area contributed by atoms with Gasteiger partial charge in [0.05, 0.1) is 13.0 Å². The van der Waals surface area contributed by atoms with Crippen LogP contribution >= 0.6 is 0 Å². The average molecular weight is 324 g/mol. The molecule has 0 atom stereocenters. The fraction of sp³-hybridized carbons (Fsp3) is 0.800. The number of hydrazine groups is 1. The Kier molecular flexibility index (Phi) is 5.05. The first-order chi connectivity index (χ1) is 9.50. The number of carbonyl (C=O) groups is 1. The van der Waals surface area contributed by atoms with Gasteiger partial charge in [-0.05, 0) is 19.3 Å². The second-order valence-corrected chi connectivity index (χ2v) is 4.44. The largest absolute Gasteiger partial charge is 0.460 e. The molecule has 0 unspecified atom stereocenters. The van der Waals surface area contributed by atoms with Gasteiger partial charge >= 0.3 is 23.9 Å². The number of amidine groups is 1. The zero-order chi connectivity index (χ0) is 16.3. The van der Waals surface area contributed by atoms with E-state index in [0.717, 1.165) is 12.8 Å². The molecule has 4 nitrogen and oxygen atoms in total. The molecule has 0 fully saturated rings. The molecule has 0 aromatic carbocycles. The van der Waals surface area contributed by atoms with Crippen LogP contribution in [0, 0.1) is 0 Å². The summed E-state index contributed by atoms with van der Waals surface area (Å²) in [6.45, 7) is 0.466. The fourth-order valence-corrected chi connectivity index (χ4v) is 1.57. The van der Waals surface area contributed by atoms with Gasteiger partial charge in [0.25, 0.3) is 5.84 Å². The third kappa shape index (κ3) is 3.76. The molecule has 122 valence electrons. The number of nitrogens with one attached hydrogen (secondary N) is 3. The van der Waals surface area contributed by atoms with Gasteiger partial charge in [0, 0.05) is 0 Å². The molecule has 0 radical (unpaired) electrons. The van der Waals surface area contributed by atoms with Crippen molar-refractivity contribution >= 4 is 11.7 Å². The first-order valence-corrected chi connectivity index (χ1v) is 5.98. The van der Waals surface area contributed by atoms with Crippen LogP contribution in [0.25, 0.3) is 0 Å². The molecule has 3 N–H and O–H groups in total. The van der Waals surface area contributed by atoms with Crippen LogP contribution in [-0.2, 0) is 4.79 Å². The Hall–Kier alpha value is -1.55. The van der Waals surface area contributed by atoms with Crippen molar-refractivity contribution in [3.8, 4) is 0 Å². The summed E-state index contributed by atoms with van der Waals surface area (Å²) >= 11 is 0. The summed E-state index contributed by atoms with van der Waals surface area (Å²) in [5, 5.41) is 0. The number of rotatable bonds is 2. The van der Waals surface area contributed by atoms with E-state index in [4.69, 9.17) is 0 Å². The van der Waals surface area contributed by atoms with Gasteiger partial charge in [-0.25, -0.2) is 0 Å². The number of hydrogen-bond donors (Lipinski definition) is 3. The van der Waals surface area contributed by atoms with E-state index in [1.165, 1.54) is 5.43 Å². The lowest BCUT2D eigenvalue weighted by molar-refractivity contribution is -0.460. The van der Waals surface area contributed by atoms with Crippen LogP contribution < -0.4 is 15.8 Å². The monoisotopic (exact) mass is 324 g/mol. The average Bonchev–Trinajstić information content (AvgIpc) is 2.62. The van der Waals surface area contributed by atoms with Crippen LogP contribution in [-0.4, -0.2) is 36.3 Å². The molecule has 0 saturated carbocycles. The topological polar surface area (TPSA) is 55.1 Å². The molecular formula is C10H13F7N3O+. The van der Waals surface area contributed by atoms with Gasteiger partial charge in [0.1, 0.15) is 0 Å². The third-order valence-electron chi connectivity index (χ3n) is 2.80. The van der Waals surface area contributed by atoms with Crippen LogP contribution in [0.3, 0.4) is 0 Å². The smallest absolute Gasteiger partial charge is 0.277 e. The summed E-state index contributed by atoms with van der Waals surface area (Å²) in [7, 11) is 0. The highest BCUT2D eigenvalue weighted by atomic mass is 19.4. The van der Waals surface area contributed by atoms with Crippen molar-refractivity contribution in [1.29, 1.82) is 0 Å². The summed E-state index contributed by atoms with van der Waals surface area (Å²) in [5.74, 6) is -15.0. The third-order valence-corrected chi connectivity index (χ3v) is 2.80. The first kappa shape index (κ1) is 17.5. The van der Waals surface area contributed by atoms with Crippen LogP contribution in [0.5, 0.6) is 0 Å². The molecular weight excluding hydrogens is 311 g/mol. The number of alkyl halides is 7. The Bertz CT molecular complexity index is 419. The lowest BCUT2D eigenvalue weighted by Gasteiger charge is -2.26. The van der Waals surface area contributed by atoms with E-state index in [1.54, 1.807) is 0 Å². The summed E-state index contributed by atoms with van der Waals surface area (Å²) in [5.41, 5.74) is 3.10. The summed E-state index contributed by atoms with van der Waals surface area (Å²) in [6.07, 6.45) is -3.96. The zero-order valence-electron chi connectivity index (χ0n) is 10.6. The fourth-order valence-electron chi connectivity index (χ4n) is 1.57. The van der Waals surface area contributed by atoms with E-state index in [0.29, 0.717) is 19.4 Å². The van der Waals surface area contributed by atoms with Crippen LogP contribution in [0.2, 0.25) is 0 Å². The van der Waals surface area contributed by atoms with Gasteiger partial charge in [0.2, 0.25) is 0 Å². The Balaban J connectivity index is 2.71. The Labute approximate surface area is 114 Å². The van der Waals surface area contributed by atoms with Crippen molar-refractivity contribution in [2.75, 3.05) is 6.54 Å². The number of halogens is 7. The molecule has 1 aliphatic rings. The maximum atomic E-state index is 13.0. The lowest BCUT2D eigenvalue weighted by atomic mass is 10.1.